The summed E-state index contributed by atoms with van der Waals surface area (Å²) in [4.78, 5) is 12.3. The van der Waals surface area contributed by atoms with Crippen molar-refractivity contribution < 1.29 is 10.2 Å². The van der Waals surface area contributed by atoms with Gasteiger partial charge in [-0.25, -0.2) is 15.0 Å². The minimum Gasteiger partial charge on any atom is -0.396 e. The zero-order valence-corrected chi connectivity index (χ0v) is 9.77. The van der Waals surface area contributed by atoms with E-state index in [9.17, 15) is 10.2 Å². The van der Waals surface area contributed by atoms with Gasteiger partial charge in [0, 0.05) is 25.2 Å². The third kappa shape index (κ3) is 1.48. The highest BCUT2D eigenvalue weighted by molar-refractivity contribution is 5.81. The van der Waals surface area contributed by atoms with Crippen molar-refractivity contribution in [3.8, 4) is 0 Å². The molecule has 0 unspecified atom stereocenters. The van der Waals surface area contributed by atoms with Gasteiger partial charge in [-0.15, -0.1) is 0 Å². The SMILES string of the molecule is Nc1ncnc2c1ncn2[C@H]1C[C@@H](CO)[C@H]1CO. The quantitative estimate of drug-likeness (QED) is 0.681. The number of aromatic nitrogens is 4. The molecule has 1 saturated carbocycles. The molecule has 3 rings (SSSR count). The summed E-state index contributed by atoms with van der Waals surface area (Å²) in [5.74, 6) is 0.553. The van der Waals surface area contributed by atoms with E-state index in [-0.39, 0.29) is 31.1 Å². The molecule has 2 aromatic heterocycles. The molecular weight excluding hydrogens is 234 g/mol. The van der Waals surface area contributed by atoms with E-state index in [1.54, 1.807) is 6.33 Å². The van der Waals surface area contributed by atoms with Crippen LogP contribution in [0.5, 0.6) is 0 Å². The molecule has 0 spiro atoms. The van der Waals surface area contributed by atoms with Crippen molar-refractivity contribution in [2.75, 3.05) is 18.9 Å². The predicted octanol–water partition coefficient (Wildman–Crippen LogP) is -0.430. The monoisotopic (exact) mass is 249 g/mol. The molecule has 0 bridgehead atoms. The number of nitrogen functional groups attached to an aromatic ring is 1. The Kier molecular flexibility index (Phi) is 2.64. The number of hydrogen-bond donors (Lipinski definition) is 3. The minimum absolute atomic E-state index is 0.0450. The lowest BCUT2D eigenvalue weighted by Crippen LogP contribution is -2.42. The van der Waals surface area contributed by atoms with E-state index >= 15 is 0 Å². The largest absolute Gasteiger partial charge is 0.396 e. The van der Waals surface area contributed by atoms with Gasteiger partial charge in [-0.05, 0) is 12.3 Å². The molecule has 3 atom stereocenters. The molecule has 1 aliphatic carbocycles. The van der Waals surface area contributed by atoms with Crippen molar-refractivity contribution in [1.82, 2.24) is 19.5 Å². The topological polar surface area (TPSA) is 110 Å². The first-order valence-electron chi connectivity index (χ1n) is 5.91. The molecule has 1 fully saturated rings. The van der Waals surface area contributed by atoms with Gasteiger partial charge >= 0.3 is 0 Å². The number of aliphatic hydroxyl groups excluding tert-OH is 2. The number of rotatable bonds is 3. The summed E-state index contributed by atoms with van der Waals surface area (Å²) >= 11 is 0. The van der Waals surface area contributed by atoms with E-state index in [1.807, 2.05) is 4.57 Å². The van der Waals surface area contributed by atoms with Crippen molar-refractivity contribution in [2.45, 2.75) is 12.5 Å². The van der Waals surface area contributed by atoms with E-state index in [4.69, 9.17) is 5.73 Å². The average molecular weight is 249 g/mol. The van der Waals surface area contributed by atoms with Gasteiger partial charge < -0.3 is 20.5 Å². The van der Waals surface area contributed by atoms with Crippen molar-refractivity contribution in [3.05, 3.63) is 12.7 Å². The smallest absolute Gasteiger partial charge is 0.165 e. The molecule has 0 aromatic carbocycles. The van der Waals surface area contributed by atoms with Gasteiger partial charge in [0.25, 0.3) is 0 Å². The third-order valence-electron chi connectivity index (χ3n) is 3.83. The maximum absolute atomic E-state index is 9.38. The summed E-state index contributed by atoms with van der Waals surface area (Å²) < 4.78 is 1.92. The zero-order chi connectivity index (χ0) is 12.7. The highest BCUT2D eigenvalue weighted by Gasteiger charge is 2.41. The van der Waals surface area contributed by atoms with Crippen LogP contribution >= 0.6 is 0 Å². The van der Waals surface area contributed by atoms with E-state index in [0.717, 1.165) is 6.42 Å². The summed E-state index contributed by atoms with van der Waals surface area (Å²) in [6.07, 6.45) is 3.90. The van der Waals surface area contributed by atoms with Gasteiger partial charge in [0.15, 0.2) is 11.5 Å². The number of anilines is 1. The van der Waals surface area contributed by atoms with Gasteiger partial charge in [-0.1, -0.05) is 0 Å². The normalized spacial score (nSPS) is 27.3. The first-order valence-corrected chi connectivity index (χ1v) is 5.91. The number of aliphatic hydroxyl groups is 2. The number of fused-ring (bicyclic) bond motifs is 1. The first-order chi connectivity index (χ1) is 8.76. The molecule has 1 aliphatic rings. The van der Waals surface area contributed by atoms with Crippen molar-refractivity contribution in [2.24, 2.45) is 11.8 Å². The molecule has 0 radical (unpaired) electrons. The van der Waals surface area contributed by atoms with Crippen LogP contribution in [-0.4, -0.2) is 42.9 Å². The average Bonchev–Trinajstić information content (AvgIpc) is 2.75. The fraction of sp³-hybridized carbons (Fsp3) is 0.545. The Balaban J connectivity index is 1.99. The van der Waals surface area contributed by atoms with Gasteiger partial charge in [-0.3, -0.25) is 0 Å². The lowest BCUT2D eigenvalue weighted by atomic mass is 9.70. The highest BCUT2D eigenvalue weighted by atomic mass is 16.3. The fourth-order valence-electron chi connectivity index (χ4n) is 2.69. The molecule has 96 valence electrons. The van der Waals surface area contributed by atoms with E-state index in [2.05, 4.69) is 15.0 Å². The first kappa shape index (κ1) is 11.4. The molecule has 18 heavy (non-hydrogen) atoms. The number of hydrogen-bond acceptors (Lipinski definition) is 6. The van der Waals surface area contributed by atoms with E-state index < -0.39 is 0 Å². The van der Waals surface area contributed by atoms with E-state index in [1.165, 1.54) is 6.33 Å². The lowest BCUT2D eigenvalue weighted by Gasteiger charge is -2.43. The standard InChI is InChI=1S/C11H15N5O2/c12-10-9-11(14-4-13-10)16(5-15-9)8-1-6(2-17)7(8)3-18/h4-8,17-18H,1-3H2,(H2,12,13,14)/t6-,7+,8-/m0/s1. The van der Waals surface area contributed by atoms with Gasteiger partial charge in [-0.2, -0.15) is 0 Å². The molecule has 7 nitrogen and oxygen atoms in total. The van der Waals surface area contributed by atoms with Crippen LogP contribution < -0.4 is 5.73 Å². The van der Waals surface area contributed by atoms with Crippen molar-refractivity contribution >= 4 is 17.0 Å². The summed E-state index contributed by atoms with van der Waals surface area (Å²) in [6.45, 7) is 0.154. The molecular formula is C11H15N5O2. The Bertz CT molecular complexity index is 570. The Morgan fingerprint density at radius 3 is 2.83 bits per heavy atom. The summed E-state index contributed by atoms with van der Waals surface area (Å²) in [6, 6.07) is 0.117. The van der Waals surface area contributed by atoms with Crippen molar-refractivity contribution in [1.29, 1.82) is 0 Å². The van der Waals surface area contributed by atoms with Crippen LogP contribution in [0, 0.1) is 11.8 Å². The molecule has 0 aliphatic heterocycles. The number of imidazole rings is 1. The molecule has 7 heteroatoms. The van der Waals surface area contributed by atoms with Crippen LogP contribution in [0.1, 0.15) is 12.5 Å². The molecule has 2 aromatic rings. The second kappa shape index (κ2) is 4.18. The Hall–Kier alpha value is -1.73. The molecule has 0 amide bonds. The minimum atomic E-state index is 0.0450. The second-order valence-corrected chi connectivity index (χ2v) is 4.68. The zero-order valence-electron chi connectivity index (χ0n) is 9.77. The lowest BCUT2D eigenvalue weighted by molar-refractivity contribution is -0.00529. The molecule has 2 heterocycles. The van der Waals surface area contributed by atoms with Crippen LogP contribution in [0.2, 0.25) is 0 Å². The van der Waals surface area contributed by atoms with Crippen molar-refractivity contribution in [3.63, 3.8) is 0 Å². The van der Waals surface area contributed by atoms with Crippen LogP contribution in [0.15, 0.2) is 12.7 Å². The van der Waals surface area contributed by atoms with Gasteiger partial charge in [0.05, 0.1) is 6.33 Å². The fourth-order valence-corrected chi connectivity index (χ4v) is 2.69. The van der Waals surface area contributed by atoms with Crippen LogP contribution in [0.4, 0.5) is 5.82 Å². The van der Waals surface area contributed by atoms with Gasteiger partial charge in [0.1, 0.15) is 11.8 Å². The number of nitrogens with two attached hydrogens (primary N) is 1. The maximum Gasteiger partial charge on any atom is 0.165 e. The second-order valence-electron chi connectivity index (χ2n) is 4.68. The highest BCUT2D eigenvalue weighted by Crippen LogP contribution is 2.44. The summed E-state index contributed by atoms with van der Waals surface area (Å²) in [5.41, 5.74) is 7.00. The Labute approximate surface area is 103 Å². The van der Waals surface area contributed by atoms with Gasteiger partial charge in [0.2, 0.25) is 0 Å². The summed E-state index contributed by atoms with van der Waals surface area (Å²) in [5, 5.41) is 18.6. The third-order valence-corrected chi connectivity index (χ3v) is 3.83. The molecule has 0 saturated heterocycles. The Morgan fingerprint density at radius 1 is 1.28 bits per heavy atom. The van der Waals surface area contributed by atoms with Crippen LogP contribution in [0.25, 0.3) is 11.2 Å². The summed E-state index contributed by atoms with van der Waals surface area (Å²) in [7, 11) is 0. The van der Waals surface area contributed by atoms with Crippen LogP contribution in [-0.2, 0) is 0 Å². The number of nitrogens with zero attached hydrogens (tertiary/aromatic N) is 4. The Morgan fingerprint density at radius 2 is 2.11 bits per heavy atom. The predicted molar refractivity (Wildman–Crippen MR) is 64.5 cm³/mol. The van der Waals surface area contributed by atoms with Crippen LogP contribution in [0.3, 0.4) is 0 Å². The molecule has 4 N–H and O–H groups in total. The van der Waals surface area contributed by atoms with E-state index in [0.29, 0.717) is 17.0 Å². The maximum atomic E-state index is 9.38.